The number of pyridine rings is 1. The van der Waals surface area contributed by atoms with E-state index in [1.165, 1.54) is 5.56 Å². The monoisotopic (exact) mass is 249 g/mol. The third-order valence-corrected chi connectivity index (χ3v) is 4.07. The van der Waals surface area contributed by atoms with Crippen LogP contribution in [0, 0.1) is 5.92 Å². The minimum absolute atomic E-state index is 0.206. The van der Waals surface area contributed by atoms with Crippen LogP contribution >= 0.6 is 0 Å². The van der Waals surface area contributed by atoms with E-state index in [1.807, 2.05) is 13.2 Å². The van der Waals surface area contributed by atoms with E-state index in [0.29, 0.717) is 12.0 Å². The first-order valence-electron chi connectivity index (χ1n) is 6.68. The average Bonchev–Trinajstić information content (AvgIpc) is 2.79. The quantitative estimate of drug-likeness (QED) is 0.850. The lowest BCUT2D eigenvalue weighted by Gasteiger charge is -2.26. The Bertz CT molecular complexity index is 379. The van der Waals surface area contributed by atoms with E-state index in [0.717, 1.165) is 18.8 Å². The van der Waals surface area contributed by atoms with Gasteiger partial charge in [0.1, 0.15) is 5.82 Å². The molecule has 1 fully saturated rings. The van der Waals surface area contributed by atoms with E-state index >= 15 is 0 Å². The molecule has 0 aromatic carbocycles. The molecule has 1 aromatic rings. The second-order valence-electron chi connectivity index (χ2n) is 5.17. The zero-order chi connectivity index (χ0) is 13.1. The minimum atomic E-state index is 0.206. The van der Waals surface area contributed by atoms with E-state index < -0.39 is 0 Å². The molecule has 1 saturated heterocycles. The zero-order valence-corrected chi connectivity index (χ0v) is 11.4. The van der Waals surface area contributed by atoms with Crippen LogP contribution in [-0.2, 0) is 0 Å². The molecule has 0 spiro atoms. The molecule has 2 heterocycles. The fraction of sp³-hybridized carbons (Fsp3) is 0.643. The lowest BCUT2D eigenvalue weighted by Crippen LogP contribution is -2.35. The molecule has 1 aromatic heterocycles. The van der Waals surface area contributed by atoms with Crippen LogP contribution in [0.3, 0.4) is 0 Å². The summed E-state index contributed by atoms with van der Waals surface area (Å²) in [6.07, 6.45) is 3.05. The highest BCUT2D eigenvalue weighted by Crippen LogP contribution is 2.28. The molecule has 2 rings (SSSR count). The highest BCUT2D eigenvalue weighted by molar-refractivity contribution is 5.42. The Kier molecular flexibility index (Phi) is 4.19. The number of hydrogen-bond donors (Lipinski definition) is 2. The molecule has 4 heteroatoms. The molecular weight excluding hydrogens is 226 g/mol. The van der Waals surface area contributed by atoms with Crippen LogP contribution in [0.4, 0.5) is 5.82 Å². The summed E-state index contributed by atoms with van der Waals surface area (Å²) in [6.45, 7) is 5.50. The van der Waals surface area contributed by atoms with Crippen LogP contribution < -0.4 is 10.2 Å². The number of hydrogen-bond acceptors (Lipinski definition) is 4. The lowest BCUT2D eigenvalue weighted by molar-refractivity contribution is 0.244. The molecule has 3 unspecified atom stereocenters. The standard InChI is InChI=1S/C14H23N3O/c1-10-6-7-17(13(10)9-18)14-5-4-12(8-16-14)11(2)15-3/h4-5,8,10-11,13,15,18H,6-7,9H2,1-3H3. The van der Waals surface area contributed by atoms with Crippen LogP contribution in [0.2, 0.25) is 0 Å². The van der Waals surface area contributed by atoms with E-state index in [4.69, 9.17) is 0 Å². The summed E-state index contributed by atoms with van der Waals surface area (Å²) in [5, 5.41) is 12.7. The van der Waals surface area contributed by atoms with Gasteiger partial charge in [-0.1, -0.05) is 13.0 Å². The first-order chi connectivity index (χ1) is 8.67. The third-order valence-electron chi connectivity index (χ3n) is 4.07. The number of aromatic nitrogens is 1. The van der Waals surface area contributed by atoms with Gasteiger partial charge in [-0.15, -0.1) is 0 Å². The van der Waals surface area contributed by atoms with Crippen molar-refractivity contribution in [3.63, 3.8) is 0 Å². The number of anilines is 1. The molecule has 0 saturated carbocycles. The number of aliphatic hydroxyl groups excluding tert-OH is 1. The van der Waals surface area contributed by atoms with Crippen molar-refractivity contribution in [1.82, 2.24) is 10.3 Å². The van der Waals surface area contributed by atoms with Crippen LogP contribution in [0.1, 0.15) is 31.9 Å². The van der Waals surface area contributed by atoms with E-state index in [1.54, 1.807) is 0 Å². The maximum atomic E-state index is 9.47. The Hall–Kier alpha value is -1.13. The maximum absolute atomic E-state index is 9.47. The van der Waals surface area contributed by atoms with Crippen LogP contribution in [0.25, 0.3) is 0 Å². The fourth-order valence-corrected chi connectivity index (χ4v) is 2.56. The summed E-state index contributed by atoms with van der Waals surface area (Å²) >= 11 is 0. The number of nitrogens with zero attached hydrogens (tertiary/aromatic N) is 2. The van der Waals surface area contributed by atoms with Crippen molar-refractivity contribution in [1.29, 1.82) is 0 Å². The van der Waals surface area contributed by atoms with Crippen molar-refractivity contribution in [2.45, 2.75) is 32.4 Å². The van der Waals surface area contributed by atoms with Gasteiger partial charge in [-0.3, -0.25) is 0 Å². The Morgan fingerprint density at radius 3 is 2.89 bits per heavy atom. The van der Waals surface area contributed by atoms with Gasteiger partial charge >= 0.3 is 0 Å². The highest BCUT2D eigenvalue weighted by Gasteiger charge is 2.31. The van der Waals surface area contributed by atoms with Gasteiger partial charge in [0.25, 0.3) is 0 Å². The predicted molar refractivity (Wildman–Crippen MR) is 73.7 cm³/mol. The van der Waals surface area contributed by atoms with Gasteiger partial charge in [0.05, 0.1) is 12.6 Å². The van der Waals surface area contributed by atoms with Crippen LogP contribution in [0.15, 0.2) is 18.3 Å². The second kappa shape index (κ2) is 5.67. The largest absolute Gasteiger partial charge is 0.394 e. The second-order valence-corrected chi connectivity index (χ2v) is 5.17. The summed E-state index contributed by atoms with van der Waals surface area (Å²) in [6, 6.07) is 4.70. The molecule has 18 heavy (non-hydrogen) atoms. The molecule has 0 radical (unpaired) electrons. The minimum Gasteiger partial charge on any atom is -0.394 e. The normalized spacial score (nSPS) is 25.4. The van der Waals surface area contributed by atoms with Gasteiger partial charge < -0.3 is 15.3 Å². The Morgan fingerprint density at radius 2 is 2.33 bits per heavy atom. The summed E-state index contributed by atoms with van der Waals surface area (Å²) in [5.41, 5.74) is 1.19. The molecule has 0 aliphatic carbocycles. The Morgan fingerprint density at radius 1 is 1.56 bits per heavy atom. The van der Waals surface area contributed by atoms with E-state index in [-0.39, 0.29) is 12.6 Å². The molecule has 1 aliphatic rings. The molecule has 2 N–H and O–H groups in total. The van der Waals surface area contributed by atoms with Crippen molar-refractivity contribution < 1.29 is 5.11 Å². The maximum Gasteiger partial charge on any atom is 0.128 e. The molecular formula is C14H23N3O. The molecule has 0 bridgehead atoms. The first kappa shape index (κ1) is 13.3. The Labute approximate surface area is 109 Å². The van der Waals surface area contributed by atoms with Crippen molar-refractivity contribution in [3.8, 4) is 0 Å². The summed E-state index contributed by atoms with van der Waals surface area (Å²) in [7, 11) is 1.95. The molecule has 4 nitrogen and oxygen atoms in total. The van der Waals surface area contributed by atoms with Gasteiger partial charge in [0, 0.05) is 18.8 Å². The average molecular weight is 249 g/mol. The zero-order valence-electron chi connectivity index (χ0n) is 11.4. The van der Waals surface area contributed by atoms with Crippen LogP contribution in [0.5, 0.6) is 0 Å². The lowest BCUT2D eigenvalue weighted by atomic mass is 10.0. The first-order valence-corrected chi connectivity index (χ1v) is 6.68. The van der Waals surface area contributed by atoms with Crippen molar-refractivity contribution in [2.75, 3.05) is 25.1 Å². The summed E-state index contributed by atoms with van der Waals surface area (Å²) in [5.74, 6) is 1.51. The number of nitrogens with one attached hydrogen (secondary N) is 1. The van der Waals surface area contributed by atoms with Crippen molar-refractivity contribution in [3.05, 3.63) is 23.9 Å². The van der Waals surface area contributed by atoms with Gasteiger partial charge in [-0.05, 0) is 37.9 Å². The summed E-state index contributed by atoms with van der Waals surface area (Å²) in [4.78, 5) is 6.76. The molecule has 1 aliphatic heterocycles. The Balaban J connectivity index is 2.14. The number of rotatable bonds is 4. The molecule has 0 amide bonds. The molecule has 100 valence electrons. The summed E-state index contributed by atoms with van der Waals surface area (Å²) < 4.78 is 0. The highest BCUT2D eigenvalue weighted by atomic mass is 16.3. The van der Waals surface area contributed by atoms with Crippen molar-refractivity contribution in [2.24, 2.45) is 5.92 Å². The number of aliphatic hydroxyl groups is 1. The third kappa shape index (κ3) is 2.49. The SMILES string of the molecule is CNC(C)c1ccc(N2CCC(C)C2CO)nc1. The van der Waals surface area contributed by atoms with Crippen molar-refractivity contribution >= 4 is 5.82 Å². The van der Waals surface area contributed by atoms with Gasteiger partial charge in [0.15, 0.2) is 0 Å². The van der Waals surface area contributed by atoms with Gasteiger partial charge in [-0.25, -0.2) is 4.98 Å². The fourth-order valence-electron chi connectivity index (χ4n) is 2.56. The van der Waals surface area contributed by atoms with E-state index in [2.05, 4.69) is 41.2 Å². The predicted octanol–water partition coefficient (Wildman–Crippen LogP) is 1.57. The topological polar surface area (TPSA) is 48.4 Å². The van der Waals surface area contributed by atoms with Gasteiger partial charge in [0.2, 0.25) is 0 Å². The van der Waals surface area contributed by atoms with E-state index in [9.17, 15) is 5.11 Å². The van der Waals surface area contributed by atoms with Gasteiger partial charge in [-0.2, -0.15) is 0 Å². The van der Waals surface area contributed by atoms with Crippen LogP contribution in [-0.4, -0.2) is 36.3 Å². The smallest absolute Gasteiger partial charge is 0.128 e. The molecule has 3 atom stereocenters.